The topological polar surface area (TPSA) is 35.6 Å². The van der Waals surface area contributed by atoms with Gasteiger partial charge in [0, 0.05) is 26.2 Å². The van der Waals surface area contributed by atoms with Crippen LogP contribution >= 0.6 is 24.8 Å². The Hall–Kier alpha value is -0.810. The van der Waals surface area contributed by atoms with Crippen LogP contribution in [-0.4, -0.2) is 60.5 Å². The van der Waals surface area contributed by atoms with E-state index >= 15 is 0 Å². The van der Waals surface area contributed by atoms with Crippen LogP contribution < -0.4 is 5.32 Å². The number of amides is 1. The molecule has 3 rings (SSSR count). The highest BCUT2D eigenvalue weighted by Crippen LogP contribution is 2.25. The van der Waals surface area contributed by atoms with Crippen molar-refractivity contribution in [2.75, 3.05) is 39.3 Å². The van der Waals surface area contributed by atoms with Crippen molar-refractivity contribution in [3.05, 3.63) is 35.9 Å². The van der Waals surface area contributed by atoms with Crippen LogP contribution in [0, 0.1) is 0 Å². The first-order valence-corrected chi connectivity index (χ1v) is 10.0. The molecule has 0 radical (unpaired) electrons. The van der Waals surface area contributed by atoms with Gasteiger partial charge in [0.2, 0.25) is 5.91 Å². The Morgan fingerprint density at radius 1 is 1.07 bits per heavy atom. The Morgan fingerprint density at radius 2 is 1.78 bits per heavy atom. The van der Waals surface area contributed by atoms with E-state index in [-0.39, 0.29) is 30.4 Å². The van der Waals surface area contributed by atoms with Crippen LogP contribution in [0.15, 0.2) is 30.3 Å². The fourth-order valence-corrected chi connectivity index (χ4v) is 4.23. The predicted molar refractivity (Wildman–Crippen MR) is 117 cm³/mol. The molecule has 1 N–H and O–H groups in total. The number of hydrogen-bond donors (Lipinski definition) is 1. The molecule has 2 aliphatic heterocycles. The SMILES string of the molecule is CC[C@@]1(C(=O)N2CCN(CCCc3ccccc3)CC2)CCCCN1.Cl.Cl. The van der Waals surface area contributed by atoms with Crippen molar-refractivity contribution in [1.29, 1.82) is 0 Å². The molecule has 2 fully saturated rings. The smallest absolute Gasteiger partial charge is 0.242 e. The molecule has 27 heavy (non-hydrogen) atoms. The fraction of sp³-hybridized carbons (Fsp3) is 0.667. The maximum absolute atomic E-state index is 13.1. The lowest BCUT2D eigenvalue weighted by Gasteiger charge is -2.43. The molecule has 0 aromatic heterocycles. The van der Waals surface area contributed by atoms with Crippen molar-refractivity contribution in [3.8, 4) is 0 Å². The van der Waals surface area contributed by atoms with Gasteiger partial charge in [-0.15, -0.1) is 24.8 Å². The number of hydrogen-bond acceptors (Lipinski definition) is 3. The van der Waals surface area contributed by atoms with E-state index in [1.807, 2.05) is 0 Å². The summed E-state index contributed by atoms with van der Waals surface area (Å²) in [5, 5.41) is 3.54. The second-order valence-electron chi connectivity index (χ2n) is 7.54. The molecule has 0 unspecified atom stereocenters. The normalized spacial score (nSPS) is 23.2. The number of nitrogens with one attached hydrogen (secondary N) is 1. The molecule has 0 spiro atoms. The first-order chi connectivity index (χ1) is 12.2. The summed E-state index contributed by atoms with van der Waals surface area (Å²) in [5.74, 6) is 0.346. The molecule has 2 saturated heterocycles. The van der Waals surface area contributed by atoms with Crippen LogP contribution in [0.1, 0.15) is 44.6 Å². The van der Waals surface area contributed by atoms with Crippen LogP contribution in [0.3, 0.4) is 0 Å². The molecule has 0 aliphatic carbocycles. The summed E-state index contributed by atoms with van der Waals surface area (Å²) in [7, 11) is 0. The number of carbonyl (C=O) groups is 1. The second kappa shape index (κ2) is 11.9. The van der Waals surface area contributed by atoms with Crippen molar-refractivity contribution in [2.45, 2.75) is 51.0 Å². The van der Waals surface area contributed by atoms with Crippen molar-refractivity contribution >= 4 is 30.7 Å². The minimum Gasteiger partial charge on any atom is -0.339 e. The Bertz CT molecular complexity index is 542. The lowest BCUT2D eigenvalue weighted by atomic mass is 9.85. The molecule has 6 heteroatoms. The van der Waals surface area contributed by atoms with Gasteiger partial charge < -0.3 is 10.2 Å². The zero-order valence-electron chi connectivity index (χ0n) is 16.5. The van der Waals surface area contributed by atoms with Gasteiger partial charge >= 0.3 is 0 Å². The highest BCUT2D eigenvalue weighted by Gasteiger charge is 2.40. The summed E-state index contributed by atoms with van der Waals surface area (Å²) >= 11 is 0. The third-order valence-electron chi connectivity index (χ3n) is 5.95. The lowest BCUT2D eigenvalue weighted by Crippen LogP contribution is -2.62. The Kier molecular flexibility index (Phi) is 10.7. The quantitative estimate of drug-likeness (QED) is 0.771. The van der Waals surface area contributed by atoms with E-state index in [0.29, 0.717) is 5.91 Å². The summed E-state index contributed by atoms with van der Waals surface area (Å²) in [6.45, 7) is 8.06. The second-order valence-corrected chi connectivity index (χ2v) is 7.54. The molecule has 0 saturated carbocycles. The van der Waals surface area contributed by atoms with Gasteiger partial charge in [-0.3, -0.25) is 9.69 Å². The molecule has 2 heterocycles. The summed E-state index contributed by atoms with van der Waals surface area (Å²) in [6.07, 6.45) is 6.61. The molecule has 4 nitrogen and oxygen atoms in total. The van der Waals surface area contributed by atoms with E-state index in [4.69, 9.17) is 0 Å². The van der Waals surface area contributed by atoms with Gasteiger partial charge in [-0.05, 0) is 57.2 Å². The Balaban J connectivity index is 0.00000182. The number of rotatable bonds is 6. The molecular formula is C21H35Cl2N3O. The van der Waals surface area contributed by atoms with E-state index in [1.165, 1.54) is 24.8 Å². The lowest BCUT2D eigenvalue weighted by molar-refractivity contribution is -0.141. The number of benzene rings is 1. The maximum Gasteiger partial charge on any atom is 0.242 e. The number of halogens is 2. The minimum absolute atomic E-state index is 0. The Labute approximate surface area is 176 Å². The monoisotopic (exact) mass is 415 g/mol. The number of piperazine rings is 1. The van der Waals surface area contributed by atoms with E-state index in [2.05, 4.69) is 52.4 Å². The van der Waals surface area contributed by atoms with E-state index in [0.717, 1.165) is 58.5 Å². The Morgan fingerprint density at radius 3 is 2.37 bits per heavy atom. The largest absolute Gasteiger partial charge is 0.339 e. The van der Waals surface area contributed by atoms with Crippen LogP contribution in [0.5, 0.6) is 0 Å². The van der Waals surface area contributed by atoms with Gasteiger partial charge in [0.25, 0.3) is 0 Å². The summed E-state index contributed by atoms with van der Waals surface area (Å²) in [6, 6.07) is 10.7. The highest BCUT2D eigenvalue weighted by atomic mass is 35.5. The van der Waals surface area contributed by atoms with Gasteiger partial charge in [-0.2, -0.15) is 0 Å². The number of piperidine rings is 1. The summed E-state index contributed by atoms with van der Waals surface area (Å²) in [4.78, 5) is 17.7. The van der Waals surface area contributed by atoms with E-state index in [1.54, 1.807) is 0 Å². The molecule has 154 valence electrons. The number of aryl methyl sites for hydroxylation is 1. The van der Waals surface area contributed by atoms with Crippen LogP contribution in [0.4, 0.5) is 0 Å². The van der Waals surface area contributed by atoms with Crippen molar-refractivity contribution in [3.63, 3.8) is 0 Å². The molecule has 0 bridgehead atoms. The van der Waals surface area contributed by atoms with Crippen LogP contribution in [0.25, 0.3) is 0 Å². The standard InChI is InChI=1S/C21H33N3O.2ClH/c1-2-21(12-6-7-13-22-21)20(25)24-17-15-23(16-18-24)14-8-11-19-9-4-3-5-10-19;;/h3-5,9-10,22H,2,6-8,11-18H2,1H3;2*1H/t21-;;/m0../s1. The van der Waals surface area contributed by atoms with Crippen LogP contribution in [0.2, 0.25) is 0 Å². The molecule has 1 aromatic rings. The van der Waals surface area contributed by atoms with Crippen molar-refractivity contribution in [1.82, 2.24) is 15.1 Å². The highest BCUT2D eigenvalue weighted by molar-refractivity contribution is 5.86. The minimum atomic E-state index is -0.284. The molecular weight excluding hydrogens is 381 g/mol. The van der Waals surface area contributed by atoms with Crippen LogP contribution in [-0.2, 0) is 11.2 Å². The zero-order valence-corrected chi connectivity index (χ0v) is 18.1. The molecule has 1 amide bonds. The van der Waals surface area contributed by atoms with E-state index < -0.39 is 0 Å². The summed E-state index contributed by atoms with van der Waals surface area (Å²) in [5.41, 5.74) is 1.14. The molecule has 1 aromatic carbocycles. The van der Waals surface area contributed by atoms with Gasteiger partial charge in [0.15, 0.2) is 0 Å². The van der Waals surface area contributed by atoms with Gasteiger partial charge in [-0.25, -0.2) is 0 Å². The zero-order chi connectivity index (χ0) is 17.5. The predicted octanol–water partition coefficient (Wildman–Crippen LogP) is 3.53. The van der Waals surface area contributed by atoms with Crippen molar-refractivity contribution in [2.24, 2.45) is 0 Å². The van der Waals surface area contributed by atoms with Crippen molar-refractivity contribution < 1.29 is 4.79 Å². The number of carbonyl (C=O) groups excluding carboxylic acids is 1. The van der Waals surface area contributed by atoms with Gasteiger partial charge in [-0.1, -0.05) is 37.3 Å². The van der Waals surface area contributed by atoms with Gasteiger partial charge in [0.1, 0.15) is 0 Å². The molecule has 1 atom stereocenters. The third-order valence-corrected chi connectivity index (χ3v) is 5.95. The summed E-state index contributed by atoms with van der Waals surface area (Å²) < 4.78 is 0. The fourth-order valence-electron chi connectivity index (χ4n) is 4.23. The van der Waals surface area contributed by atoms with Gasteiger partial charge in [0.05, 0.1) is 5.54 Å². The average Bonchev–Trinajstić information content (AvgIpc) is 2.69. The first-order valence-electron chi connectivity index (χ1n) is 10.0. The van der Waals surface area contributed by atoms with E-state index in [9.17, 15) is 4.79 Å². The third kappa shape index (κ3) is 6.35. The average molecular weight is 416 g/mol. The first kappa shape index (κ1) is 24.2. The number of nitrogens with zero attached hydrogens (tertiary/aromatic N) is 2. The maximum atomic E-state index is 13.1. The molecule has 2 aliphatic rings.